The van der Waals surface area contributed by atoms with E-state index in [9.17, 15) is 0 Å². The number of hydrogen-bond donors (Lipinski definition) is 0. The Labute approximate surface area is 344 Å². The minimum Gasteiger partial charge on any atom is -0.0610 e. The van der Waals surface area contributed by atoms with E-state index < -0.39 is 0 Å². The maximum Gasteiger partial charge on any atom is -0.00389 e. The molecule has 0 amide bonds. The van der Waals surface area contributed by atoms with Crippen molar-refractivity contribution in [2.24, 2.45) is 0 Å². The van der Waals surface area contributed by atoms with E-state index in [0.717, 1.165) is 11.1 Å². The molecule has 0 radical (unpaired) electrons. The molecule has 0 atom stereocenters. The Hall–Kier alpha value is -7.02. The SMILES string of the molecule is Cc1ccc(C(=Cc2ccc(C=Cc3cccc4cccc(C=Cc5ccc(C=C(c6ccc(C)cc6)c6ccc(C)cc6)cc5)c34)cc2)c2ccc(C)cc2)cc1. The number of rotatable bonds is 10. The van der Waals surface area contributed by atoms with Crippen LogP contribution in [0.2, 0.25) is 0 Å². The number of fused-ring (bicyclic) bond motifs is 1. The summed E-state index contributed by atoms with van der Waals surface area (Å²) in [6.45, 7) is 8.54. The summed E-state index contributed by atoms with van der Waals surface area (Å²) in [4.78, 5) is 0. The molecule has 0 aliphatic rings. The van der Waals surface area contributed by atoms with Gasteiger partial charge in [0.1, 0.15) is 0 Å². The van der Waals surface area contributed by atoms with Crippen molar-refractivity contribution in [3.8, 4) is 0 Å². The van der Waals surface area contributed by atoms with Gasteiger partial charge in [-0.15, -0.1) is 0 Å². The third-order valence-corrected chi connectivity index (χ3v) is 10.8. The molecule has 0 aromatic heterocycles. The molecule has 8 aromatic carbocycles. The van der Waals surface area contributed by atoms with Gasteiger partial charge in [0.2, 0.25) is 0 Å². The molecular weight excluding hydrogens is 697 g/mol. The molecule has 0 saturated heterocycles. The van der Waals surface area contributed by atoms with Gasteiger partial charge in [-0.05, 0) is 117 Å². The van der Waals surface area contributed by atoms with E-state index in [-0.39, 0.29) is 0 Å². The van der Waals surface area contributed by atoms with Crippen molar-refractivity contribution in [2.45, 2.75) is 27.7 Å². The van der Waals surface area contributed by atoms with Crippen molar-refractivity contribution in [2.75, 3.05) is 0 Å². The zero-order valence-electron chi connectivity index (χ0n) is 33.8. The molecule has 0 bridgehead atoms. The van der Waals surface area contributed by atoms with Crippen LogP contribution >= 0.6 is 0 Å². The quantitative estimate of drug-likeness (QED) is 0.122. The summed E-state index contributed by atoms with van der Waals surface area (Å²) in [5, 5.41) is 2.48. The fraction of sp³-hybridized carbons (Fsp3) is 0.0690. The Morgan fingerprint density at radius 2 is 0.586 bits per heavy atom. The molecule has 280 valence electrons. The highest BCUT2D eigenvalue weighted by Gasteiger charge is 2.08. The van der Waals surface area contributed by atoms with Crippen molar-refractivity contribution in [1.29, 1.82) is 0 Å². The standard InChI is InChI=1S/C58H48/c1-41-11-29-49(30-12-41)56(50-31-13-42(2)14-32-50)39-47-23-19-45(20-24-47)27-37-54-9-5-7-53-8-6-10-55(58(53)54)38-28-46-21-25-48(26-22-46)40-57(51-33-15-43(3)16-34-51)52-35-17-44(4)18-36-52/h5-40H,1-4H3. The summed E-state index contributed by atoms with van der Waals surface area (Å²) in [5.41, 5.74) is 19.4. The lowest BCUT2D eigenvalue weighted by atomic mass is 9.94. The molecule has 0 heterocycles. The monoisotopic (exact) mass is 744 g/mol. The van der Waals surface area contributed by atoms with Crippen LogP contribution in [0.15, 0.2) is 182 Å². The van der Waals surface area contributed by atoms with Crippen LogP contribution < -0.4 is 0 Å². The van der Waals surface area contributed by atoms with Crippen LogP contribution in [0.1, 0.15) is 77.9 Å². The lowest BCUT2D eigenvalue weighted by Crippen LogP contribution is -1.89. The van der Waals surface area contributed by atoms with Gasteiger partial charge >= 0.3 is 0 Å². The lowest BCUT2D eigenvalue weighted by molar-refractivity contribution is 1.43. The van der Waals surface area contributed by atoms with Gasteiger partial charge in [-0.3, -0.25) is 0 Å². The van der Waals surface area contributed by atoms with Crippen LogP contribution in [0.4, 0.5) is 0 Å². The highest BCUT2D eigenvalue weighted by Crippen LogP contribution is 2.30. The first-order chi connectivity index (χ1) is 28.3. The van der Waals surface area contributed by atoms with E-state index in [1.54, 1.807) is 0 Å². The zero-order chi connectivity index (χ0) is 39.8. The van der Waals surface area contributed by atoms with Crippen LogP contribution in [0, 0.1) is 27.7 Å². The Bertz CT molecular complexity index is 2480. The Balaban J connectivity index is 1.03. The second kappa shape index (κ2) is 17.4. The van der Waals surface area contributed by atoms with Crippen LogP contribution in [-0.2, 0) is 0 Å². The molecule has 58 heavy (non-hydrogen) atoms. The van der Waals surface area contributed by atoms with Crippen molar-refractivity contribution in [3.63, 3.8) is 0 Å². The fourth-order valence-corrected chi connectivity index (χ4v) is 7.39. The van der Waals surface area contributed by atoms with Crippen LogP contribution in [0.25, 0.3) is 58.4 Å². The molecule has 0 N–H and O–H groups in total. The van der Waals surface area contributed by atoms with Gasteiger partial charge in [-0.1, -0.05) is 229 Å². The average Bonchev–Trinajstić information content (AvgIpc) is 3.25. The van der Waals surface area contributed by atoms with Crippen molar-refractivity contribution >= 4 is 58.4 Å². The summed E-state index contributed by atoms with van der Waals surface area (Å²) in [6, 6.07) is 66.0. The van der Waals surface area contributed by atoms with Gasteiger partial charge in [0.15, 0.2) is 0 Å². The van der Waals surface area contributed by atoms with Gasteiger partial charge in [0, 0.05) is 0 Å². The summed E-state index contributed by atoms with van der Waals surface area (Å²) < 4.78 is 0. The first-order valence-corrected chi connectivity index (χ1v) is 20.1. The minimum absolute atomic E-state index is 1.16. The molecule has 0 spiro atoms. The number of aryl methyl sites for hydroxylation is 4. The second-order valence-electron chi connectivity index (χ2n) is 15.4. The Kier molecular flexibility index (Phi) is 11.4. The molecule has 8 aromatic rings. The lowest BCUT2D eigenvalue weighted by Gasteiger charge is -2.10. The van der Waals surface area contributed by atoms with E-state index in [1.807, 2.05) is 0 Å². The molecule has 0 aliphatic carbocycles. The predicted octanol–water partition coefficient (Wildman–Crippen LogP) is 15.6. The summed E-state index contributed by atoms with van der Waals surface area (Å²) >= 11 is 0. The summed E-state index contributed by atoms with van der Waals surface area (Å²) in [7, 11) is 0. The predicted molar refractivity (Wildman–Crippen MR) is 253 cm³/mol. The maximum atomic E-state index is 2.30. The van der Waals surface area contributed by atoms with Crippen LogP contribution in [0.5, 0.6) is 0 Å². The first-order valence-electron chi connectivity index (χ1n) is 20.1. The van der Waals surface area contributed by atoms with Gasteiger partial charge in [-0.25, -0.2) is 0 Å². The maximum absolute atomic E-state index is 2.30. The van der Waals surface area contributed by atoms with E-state index in [1.165, 1.54) is 88.7 Å². The van der Waals surface area contributed by atoms with E-state index >= 15 is 0 Å². The van der Waals surface area contributed by atoms with Gasteiger partial charge in [0.25, 0.3) is 0 Å². The highest BCUT2D eigenvalue weighted by atomic mass is 14.1. The van der Waals surface area contributed by atoms with Crippen LogP contribution in [-0.4, -0.2) is 0 Å². The molecular formula is C58H48. The summed E-state index contributed by atoms with van der Waals surface area (Å²) in [5.74, 6) is 0. The fourth-order valence-electron chi connectivity index (χ4n) is 7.39. The Morgan fingerprint density at radius 1 is 0.293 bits per heavy atom. The third kappa shape index (κ3) is 9.15. The largest absolute Gasteiger partial charge is 0.0610 e. The topological polar surface area (TPSA) is 0 Å². The molecule has 0 aliphatic heterocycles. The molecule has 0 saturated carbocycles. The molecule has 0 nitrogen and oxygen atoms in total. The highest BCUT2D eigenvalue weighted by molar-refractivity contribution is 6.00. The van der Waals surface area contributed by atoms with Crippen molar-refractivity contribution in [3.05, 3.63) is 260 Å². The van der Waals surface area contributed by atoms with E-state index in [2.05, 4.69) is 246 Å². The molecule has 0 fully saturated rings. The smallest absolute Gasteiger partial charge is 0.00389 e. The molecule has 0 unspecified atom stereocenters. The summed E-state index contributed by atoms with van der Waals surface area (Å²) in [6.07, 6.45) is 13.5. The van der Waals surface area contributed by atoms with E-state index in [4.69, 9.17) is 0 Å². The Morgan fingerprint density at radius 3 is 0.897 bits per heavy atom. The van der Waals surface area contributed by atoms with Gasteiger partial charge in [-0.2, -0.15) is 0 Å². The molecule has 8 rings (SSSR count). The number of hydrogen-bond acceptors (Lipinski definition) is 0. The van der Waals surface area contributed by atoms with Crippen molar-refractivity contribution < 1.29 is 0 Å². The van der Waals surface area contributed by atoms with Gasteiger partial charge in [0.05, 0.1) is 0 Å². The van der Waals surface area contributed by atoms with E-state index in [0.29, 0.717) is 0 Å². The molecule has 0 heteroatoms. The van der Waals surface area contributed by atoms with Crippen LogP contribution in [0.3, 0.4) is 0 Å². The van der Waals surface area contributed by atoms with Gasteiger partial charge < -0.3 is 0 Å². The number of benzene rings is 8. The minimum atomic E-state index is 1.16. The third-order valence-electron chi connectivity index (χ3n) is 10.8. The normalized spacial score (nSPS) is 11.3. The zero-order valence-corrected chi connectivity index (χ0v) is 33.8. The first kappa shape index (κ1) is 37.9. The average molecular weight is 745 g/mol. The second-order valence-corrected chi connectivity index (χ2v) is 15.4. The van der Waals surface area contributed by atoms with Crippen molar-refractivity contribution in [1.82, 2.24) is 0 Å².